The van der Waals surface area contributed by atoms with Crippen molar-refractivity contribution in [3.05, 3.63) is 29.5 Å². The Morgan fingerprint density at radius 3 is 3.05 bits per heavy atom. The first kappa shape index (κ1) is 15.7. The van der Waals surface area contributed by atoms with Gasteiger partial charge in [-0.3, -0.25) is 4.90 Å². The number of oxazole rings is 1. The summed E-state index contributed by atoms with van der Waals surface area (Å²) >= 11 is 1.58. The van der Waals surface area contributed by atoms with Crippen molar-refractivity contribution in [1.82, 2.24) is 9.88 Å². The van der Waals surface area contributed by atoms with Crippen molar-refractivity contribution in [2.45, 2.75) is 31.8 Å². The van der Waals surface area contributed by atoms with Gasteiger partial charge in [-0.05, 0) is 30.8 Å². The van der Waals surface area contributed by atoms with Crippen LogP contribution in [0, 0.1) is 0 Å². The van der Waals surface area contributed by atoms with Crippen molar-refractivity contribution >= 4 is 21.4 Å². The molecule has 1 aliphatic rings. The van der Waals surface area contributed by atoms with E-state index in [4.69, 9.17) is 9.56 Å². The zero-order valence-electron chi connectivity index (χ0n) is 12.1. The van der Waals surface area contributed by atoms with E-state index in [0.29, 0.717) is 12.4 Å². The average molecular weight is 341 g/mol. The number of sulfonamides is 1. The van der Waals surface area contributed by atoms with Crippen LogP contribution in [0.2, 0.25) is 0 Å². The zero-order chi connectivity index (χ0) is 15.6. The van der Waals surface area contributed by atoms with E-state index in [2.05, 4.69) is 9.88 Å². The summed E-state index contributed by atoms with van der Waals surface area (Å²) in [6.45, 7) is 1.45. The van der Waals surface area contributed by atoms with E-state index >= 15 is 0 Å². The number of primary sulfonamides is 1. The fraction of sp³-hybridized carbons (Fsp3) is 0.500. The highest BCUT2D eigenvalue weighted by atomic mass is 32.2. The highest BCUT2D eigenvalue weighted by molar-refractivity contribution is 7.89. The summed E-state index contributed by atoms with van der Waals surface area (Å²) in [6.07, 6.45) is 4.61. The summed E-state index contributed by atoms with van der Waals surface area (Å²) in [5.41, 5.74) is 0.824. The topological polar surface area (TPSA) is 89.4 Å². The second kappa shape index (κ2) is 6.49. The Morgan fingerprint density at radius 2 is 2.32 bits per heavy atom. The van der Waals surface area contributed by atoms with Crippen molar-refractivity contribution in [2.75, 3.05) is 12.3 Å². The van der Waals surface area contributed by atoms with Gasteiger partial charge in [-0.15, -0.1) is 11.3 Å². The maximum Gasteiger partial charge on any atom is 0.236 e. The predicted molar refractivity (Wildman–Crippen MR) is 85.8 cm³/mol. The van der Waals surface area contributed by atoms with Crippen LogP contribution in [0.15, 0.2) is 28.2 Å². The van der Waals surface area contributed by atoms with Crippen LogP contribution in [0.4, 0.5) is 0 Å². The number of piperidine rings is 1. The van der Waals surface area contributed by atoms with Gasteiger partial charge in [0.15, 0.2) is 0 Å². The number of nitrogens with zero attached hydrogens (tertiary/aromatic N) is 2. The Morgan fingerprint density at radius 1 is 1.45 bits per heavy atom. The van der Waals surface area contributed by atoms with Gasteiger partial charge in [-0.2, -0.15) is 0 Å². The van der Waals surface area contributed by atoms with Crippen molar-refractivity contribution in [3.63, 3.8) is 0 Å². The number of hydrogen-bond acceptors (Lipinski definition) is 6. The molecule has 3 heterocycles. The largest absolute Gasteiger partial charge is 0.444 e. The number of aromatic nitrogens is 1. The molecule has 1 unspecified atom stereocenters. The lowest BCUT2D eigenvalue weighted by Gasteiger charge is -2.34. The average Bonchev–Trinajstić information content (AvgIpc) is 3.10. The van der Waals surface area contributed by atoms with Crippen LogP contribution in [0.5, 0.6) is 0 Å². The number of nitrogens with two attached hydrogens (primary N) is 1. The molecule has 0 spiro atoms. The van der Waals surface area contributed by atoms with E-state index in [9.17, 15) is 8.42 Å². The molecule has 1 aliphatic heterocycles. The minimum Gasteiger partial charge on any atom is -0.444 e. The Hall–Kier alpha value is -1.22. The molecular formula is C14H19N3O3S2. The van der Waals surface area contributed by atoms with Crippen LogP contribution in [0.3, 0.4) is 0 Å². The monoisotopic (exact) mass is 341 g/mol. The third kappa shape index (κ3) is 3.95. The molecular weight excluding hydrogens is 322 g/mol. The van der Waals surface area contributed by atoms with Gasteiger partial charge in [0, 0.05) is 12.6 Å². The molecule has 2 aromatic heterocycles. The molecule has 2 aromatic rings. The smallest absolute Gasteiger partial charge is 0.236 e. The molecule has 1 fully saturated rings. The summed E-state index contributed by atoms with van der Waals surface area (Å²) < 4.78 is 28.3. The quantitative estimate of drug-likeness (QED) is 0.899. The van der Waals surface area contributed by atoms with E-state index in [1.54, 1.807) is 17.6 Å². The number of rotatable bonds is 5. The Labute approximate surface area is 134 Å². The van der Waals surface area contributed by atoms with Gasteiger partial charge in [-0.1, -0.05) is 12.5 Å². The molecule has 0 bridgehead atoms. The van der Waals surface area contributed by atoms with Gasteiger partial charge in [-0.25, -0.2) is 18.5 Å². The van der Waals surface area contributed by atoms with Gasteiger partial charge in [0.2, 0.25) is 15.9 Å². The fourth-order valence-electron chi connectivity index (χ4n) is 2.83. The number of thiophene rings is 1. The highest BCUT2D eigenvalue weighted by Crippen LogP contribution is 2.25. The third-order valence-electron chi connectivity index (χ3n) is 3.82. The molecule has 6 nitrogen and oxygen atoms in total. The van der Waals surface area contributed by atoms with E-state index in [1.807, 2.05) is 17.5 Å². The minimum atomic E-state index is -3.46. The van der Waals surface area contributed by atoms with Gasteiger partial charge < -0.3 is 4.42 Å². The first-order valence-electron chi connectivity index (χ1n) is 7.24. The van der Waals surface area contributed by atoms with Crippen molar-refractivity contribution in [1.29, 1.82) is 0 Å². The summed E-state index contributed by atoms with van der Waals surface area (Å²) in [4.78, 5) is 7.63. The molecule has 0 radical (unpaired) electrons. The molecule has 1 atom stereocenters. The summed E-state index contributed by atoms with van der Waals surface area (Å²) in [7, 11) is -3.46. The molecule has 120 valence electrons. The first-order valence-corrected chi connectivity index (χ1v) is 9.83. The van der Waals surface area contributed by atoms with Crippen LogP contribution >= 0.6 is 11.3 Å². The lowest BCUT2D eigenvalue weighted by molar-refractivity contribution is 0.152. The summed E-state index contributed by atoms with van der Waals surface area (Å²) in [6, 6.07) is 3.88. The molecule has 0 saturated carbocycles. The van der Waals surface area contributed by atoms with Crippen LogP contribution in [0.1, 0.15) is 25.0 Å². The van der Waals surface area contributed by atoms with Gasteiger partial charge in [0.25, 0.3) is 0 Å². The van der Waals surface area contributed by atoms with Gasteiger partial charge in [0.05, 0.1) is 16.3 Å². The molecule has 8 heteroatoms. The van der Waals surface area contributed by atoms with Crippen LogP contribution in [-0.4, -0.2) is 36.6 Å². The fourth-order valence-corrected chi connectivity index (χ4v) is 4.40. The predicted octanol–water partition coefficient (Wildman–Crippen LogP) is 2.05. The molecule has 0 amide bonds. The minimum absolute atomic E-state index is 0.00261. The molecule has 1 saturated heterocycles. The van der Waals surface area contributed by atoms with Crippen molar-refractivity contribution in [2.24, 2.45) is 5.14 Å². The Kier molecular flexibility index (Phi) is 4.62. The Bertz CT molecular complexity index is 710. The van der Waals surface area contributed by atoms with Crippen LogP contribution in [-0.2, 0) is 16.6 Å². The van der Waals surface area contributed by atoms with E-state index in [0.717, 1.165) is 36.4 Å². The highest BCUT2D eigenvalue weighted by Gasteiger charge is 2.26. The van der Waals surface area contributed by atoms with Gasteiger partial charge >= 0.3 is 0 Å². The summed E-state index contributed by atoms with van der Waals surface area (Å²) in [5, 5.41) is 7.18. The van der Waals surface area contributed by atoms with E-state index < -0.39 is 10.0 Å². The maximum atomic E-state index is 11.4. The van der Waals surface area contributed by atoms with Crippen molar-refractivity contribution < 1.29 is 12.8 Å². The molecule has 2 N–H and O–H groups in total. The Balaban J connectivity index is 1.70. The first-order chi connectivity index (χ1) is 10.5. The molecule has 0 aliphatic carbocycles. The lowest BCUT2D eigenvalue weighted by Crippen LogP contribution is -2.44. The van der Waals surface area contributed by atoms with E-state index in [-0.39, 0.29) is 11.8 Å². The lowest BCUT2D eigenvalue weighted by atomic mass is 10.0. The normalized spacial score (nSPS) is 20.3. The van der Waals surface area contributed by atoms with E-state index in [1.165, 1.54) is 0 Å². The molecule has 3 rings (SSSR count). The molecule has 22 heavy (non-hydrogen) atoms. The second-order valence-electron chi connectivity index (χ2n) is 5.57. The summed E-state index contributed by atoms with van der Waals surface area (Å²) in [5.74, 6) is 0.618. The van der Waals surface area contributed by atoms with Gasteiger partial charge in [0.1, 0.15) is 6.26 Å². The zero-order valence-corrected chi connectivity index (χ0v) is 13.8. The molecule has 0 aromatic carbocycles. The number of likely N-dealkylation sites (tertiary alicyclic amines) is 1. The van der Waals surface area contributed by atoms with Crippen LogP contribution < -0.4 is 5.14 Å². The van der Waals surface area contributed by atoms with Crippen LogP contribution in [0.25, 0.3) is 10.8 Å². The SMILES string of the molecule is NS(=O)(=O)CC1CCCCN1Cc1coc(-c2cccs2)n1. The number of hydrogen-bond donors (Lipinski definition) is 1. The van der Waals surface area contributed by atoms with Crippen molar-refractivity contribution in [3.8, 4) is 10.8 Å². The maximum absolute atomic E-state index is 11.4. The second-order valence-corrected chi connectivity index (χ2v) is 8.18. The standard InChI is InChI=1S/C14H19N3O3S2/c15-22(18,19)10-12-4-1-2-6-17(12)8-11-9-20-14(16-11)13-5-3-7-21-13/h3,5,7,9,12H,1-2,4,6,8,10H2,(H2,15,18,19). The third-order valence-corrected chi connectivity index (χ3v) is 5.53.